The van der Waals surface area contributed by atoms with E-state index in [0.717, 1.165) is 17.9 Å². The van der Waals surface area contributed by atoms with E-state index in [9.17, 15) is 0 Å². The Morgan fingerprint density at radius 2 is 1.88 bits per heavy atom. The average molecular weight is 221 g/mol. The summed E-state index contributed by atoms with van der Waals surface area (Å²) in [6.45, 7) is 9.50. The van der Waals surface area contributed by atoms with Crippen LogP contribution in [0.5, 0.6) is 0 Å². The minimum atomic E-state index is 0.700. The highest BCUT2D eigenvalue weighted by Gasteiger charge is 2.37. The molecule has 2 bridgehead atoms. The van der Waals surface area contributed by atoms with Crippen molar-refractivity contribution in [3.05, 3.63) is 12.2 Å². The van der Waals surface area contributed by atoms with Crippen molar-refractivity contribution in [1.29, 1.82) is 0 Å². The van der Waals surface area contributed by atoms with Crippen LogP contribution in [0, 0.1) is 11.8 Å². The quantitative estimate of drug-likeness (QED) is 0.640. The molecule has 0 aromatic heterocycles. The minimum absolute atomic E-state index is 0.700. The Bertz CT molecular complexity index is 254. The summed E-state index contributed by atoms with van der Waals surface area (Å²) in [6.07, 6.45) is 10.4. The molecule has 0 aromatic rings. The summed E-state index contributed by atoms with van der Waals surface area (Å²) in [5.41, 5.74) is 0. The largest absolute Gasteiger partial charge is 0.292 e. The number of hydrogen-bond acceptors (Lipinski definition) is 1. The second kappa shape index (κ2) is 4.91. The van der Waals surface area contributed by atoms with Gasteiger partial charge in [0.25, 0.3) is 0 Å². The number of allylic oxidation sites excluding steroid dienone is 1. The lowest BCUT2D eigenvalue weighted by molar-refractivity contribution is 0.0330. The molecule has 2 heterocycles. The first-order valence-electron chi connectivity index (χ1n) is 7.03. The van der Waals surface area contributed by atoms with Crippen molar-refractivity contribution in [1.82, 2.24) is 4.90 Å². The molecule has 0 amide bonds. The summed E-state index contributed by atoms with van der Waals surface area (Å²) in [5.74, 6) is 1.79. The molecule has 0 radical (unpaired) electrons. The van der Waals surface area contributed by atoms with Crippen LogP contribution in [0.1, 0.15) is 53.4 Å². The van der Waals surface area contributed by atoms with E-state index >= 15 is 0 Å². The van der Waals surface area contributed by atoms with Crippen LogP contribution in [0.2, 0.25) is 0 Å². The number of fused-ring (bicyclic) bond motifs is 2. The molecule has 3 atom stereocenters. The molecular weight excluding hydrogens is 194 g/mol. The summed E-state index contributed by atoms with van der Waals surface area (Å²) in [5, 5.41) is 0. The van der Waals surface area contributed by atoms with Crippen molar-refractivity contribution >= 4 is 0 Å². The van der Waals surface area contributed by atoms with Crippen molar-refractivity contribution in [2.75, 3.05) is 0 Å². The van der Waals surface area contributed by atoms with Gasteiger partial charge in [-0.1, -0.05) is 26.0 Å². The summed E-state index contributed by atoms with van der Waals surface area (Å²) in [4.78, 5) is 2.77. The Hall–Kier alpha value is -0.300. The molecule has 0 saturated carbocycles. The molecule has 2 aliphatic heterocycles. The van der Waals surface area contributed by atoms with Crippen molar-refractivity contribution in [2.45, 2.75) is 71.5 Å². The van der Waals surface area contributed by atoms with E-state index in [4.69, 9.17) is 0 Å². The maximum Gasteiger partial charge on any atom is 0.0286 e. The van der Waals surface area contributed by atoms with Crippen LogP contribution in [0.25, 0.3) is 0 Å². The smallest absolute Gasteiger partial charge is 0.0286 e. The highest BCUT2D eigenvalue weighted by molar-refractivity contribution is 5.05. The van der Waals surface area contributed by atoms with Gasteiger partial charge in [0.1, 0.15) is 0 Å². The summed E-state index contributed by atoms with van der Waals surface area (Å²) < 4.78 is 0. The van der Waals surface area contributed by atoms with Gasteiger partial charge in [-0.25, -0.2) is 0 Å². The van der Waals surface area contributed by atoms with E-state index in [-0.39, 0.29) is 0 Å². The van der Waals surface area contributed by atoms with Crippen molar-refractivity contribution in [3.63, 3.8) is 0 Å². The zero-order chi connectivity index (χ0) is 11.7. The van der Waals surface area contributed by atoms with Crippen LogP contribution >= 0.6 is 0 Å². The lowest BCUT2D eigenvalue weighted by Gasteiger charge is -2.47. The van der Waals surface area contributed by atoms with E-state index in [0.29, 0.717) is 12.1 Å². The predicted octanol–water partition coefficient (Wildman–Crippen LogP) is 3.85. The summed E-state index contributed by atoms with van der Waals surface area (Å²) >= 11 is 0. The lowest BCUT2D eigenvalue weighted by Crippen LogP contribution is -2.51. The van der Waals surface area contributed by atoms with Gasteiger partial charge in [-0.3, -0.25) is 4.90 Å². The van der Waals surface area contributed by atoms with Crippen LogP contribution in [-0.2, 0) is 0 Å². The maximum atomic E-state index is 2.77. The molecule has 1 nitrogen and oxygen atoms in total. The topological polar surface area (TPSA) is 3.24 Å². The Balaban J connectivity index is 2.17. The fourth-order valence-corrected chi connectivity index (χ4v) is 3.61. The molecule has 2 rings (SSSR count). The highest BCUT2D eigenvalue weighted by atomic mass is 15.2. The van der Waals surface area contributed by atoms with E-state index in [2.05, 4.69) is 44.7 Å². The highest BCUT2D eigenvalue weighted by Crippen LogP contribution is 2.37. The van der Waals surface area contributed by atoms with Gasteiger partial charge in [0.05, 0.1) is 0 Å². The monoisotopic (exact) mass is 221 g/mol. The Morgan fingerprint density at radius 1 is 1.12 bits per heavy atom. The third-order valence-electron chi connectivity index (χ3n) is 4.49. The maximum absolute atomic E-state index is 2.77. The van der Waals surface area contributed by atoms with Gasteiger partial charge in [0, 0.05) is 18.1 Å². The van der Waals surface area contributed by atoms with Crippen LogP contribution < -0.4 is 0 Å². The van der Waals surface area contributed by atoms with Gasteiger partial charge < -0.3 is 0 Å². The molecule has 92 valence electrons. The molecule has 0 aromatic carbocycles. The van der Waals surface area contributed by atoms with Crippen LogP contribution in [0.15, 0.2) is 12.2 Å². The van der Waals surface area contributed by atoms with E-state index in [1.165, 1.54) is 25.7 Å². The molecule has 3 unspecified atom stereocenters. The molecule has 0 aliphatic carbocycles. The molecule has 16 heavy (non-hydrogen) atoms. The third kappa shape index (κ3) is 2.34. The van der Waals surface area contributed by atoms with Crippen molar-refractivity contribution in [2.24, 2.45) is 11.8 Å². The summed E-state index contributed by atoms with van der Waals surface area (Å²) in [6, 6.07) is 2.25. The first kappa shape index (κ1) is 12.2. The van der Waals surface area contributed by atoms with Crippen LogP contribution in [0.4, 0.5) is 0 Å². The first-order chi connectivity index (χ1) is 7.59. The fourth-order valence-electron chi connectivity index (χ4n) is 3.61. The van der Waals surface area contributed by atoms with E-state index < -0.39 is 0 Å². The average Bonchev–Trinajstić information content (AvgIpc) is 2.34. The fraction of sp³-hybridized carbons (Fsp3) is 0.867. The molecule has 1 saturated heterocycles. The standard InChI is InChI=1S/C15H27N/c1-11(2)13-9-14-7-5-6-8-15(10-13)16(14)12(3)4/h5,7,11-15H,6,8-10H2,1-4H3. The van der Waals surface area contributed by atoms with E-state index in [1.54, 1.807) is 0 Å². The second-order valence-electron chi connectivity index (χ2n) is 6.24. The molecule has 1 heteroatoms. The normalized spacial score (nSPS) is 35.8. The van der Waals surface area contributed by atoms with Gasteiger partial charge in [-0.05, 0) is 51.4 Å². The molecule has 0 N–H and O–H groups in total. The van der Waals surface area contributed by atoms with Gasteiger partial charge in [0.2, 0.25) is 0 Å². The number of rotatable bonds is 2. The zero-order valence-corrected chi connectivity index (χ0v) is 11.3. The van der Waals surface area contributed by atoms with Crippen LogP contribution in [-0.4, -0.2) is 23.0 Å². The number of piperidine rings is 1. The Labute approximate surface area is 101 Å². The SMILES string of the molecule is CC(C)C1CC2C=CCCC(C1)N2C(C)C. The third-order valence-corrected chi connectivity index (χ3v) is 4.49. The zero-order valence-electron chi connectivity index (χ0n) is 11.3. The van der Waals surface area contributed by atoms with Gasteiger partial charge in [-0.15, -0.1) is 0 Å². The molecule has 2 aliphatic rings. The number of nitrogens with zero attached hydrogens (tertiary/aromatic N) is 1. The van der Waals surface area contributed by atoms with Gasteiger partial charge >= 0.3 is 0 Å². The summed E-state index contributed by atoms with van der Waals surface area (Å²) in [7, 11) is 0. The van der Waals surface area contributed by atoms with E-state index in [1.807, 2.05) is 0 Å². The minimum Gasteiger partial charge on any atom is -0.292 e. The Kier molecular flexibility index (Phi) is 3.73. The van der Waals surface area contributed by atoms with Gasteiger partial charge in [-0.2, -0.15) is 0 Å². The van der Waals surface area contributed by atoms with Crippen molar-refractivity contribution in [3.8, 4) is 0 Å². The van der Waals surface area contributed by atoms with Gasteiger partial charge in [0.15, 0.2) is 0 Å². The van der Waals surface area contributed by atoms with Crippen LogP contribution in [0.3, 0.4) is 0 Å². The first-order valence-corrected chi connectivity index (χ1v) is 7.03. The second-order valence-corrected chi connectivity index (χ2v) is 6.24. The number of hydrogen-bond donors (Lipinski definition) is 0. The Morgan fingerprint density at radius 3 is 2.50 bits per heavy atom. The van der Waals surface area contributed by atoms with Crippen molar-refractivity contribution < 1.29 is 0 Å². The molecule has 1 fully saturated rings. The molecular formula is C15H27N. The molecule has 0 spiro atoms. The lowest BCUT2D eigenvalue weighted by atomic mass is 9.78. The predicted molar refractivity (Wildman–Crippen MR) is 70.5 cm³/mol.